The van der Waals surface area contributed by atoms with Crippen LogP contribution in [0.4, 0.5) is 4.79 Å². The molecular formula is C20H30B2ClN3O5S. The SMILES string of the molecule is BC(B)(Oc1cc([C@@H](C)NS(=O)(=O)CCCCCN2CC(=O)NC2=O)ccc1Cl)C1CC1. The van der Waals surface area contributed by atoms with Crippen molar-refractivity contribution in [3.8, 4) is 5.75 Å². The molecule has 1 saturated heterocycles. The lowest BCUT2D eigenvalue weighted by Crippen LogP contribution is -2.39. The molecule has 1 heterocycles. The van der Waals surface area contributed by atoms with Crippen LogP contribution >= 0.6 is 11.6 Å². The van der Waals surface area contributed by atoms with E-state index < -0.39 is 16.1 Å². The van der Waals surface area contributed by atoms with Crippen LogP contribution in [0.3, 0.4) is 0 Å². The van der Waals surface area contributed by atoms with Crippen molar-refractivity contribution in [3.63, 3.8) is 0 Å². The molecule has 0 spiro atoms. The van der Waals surface area contributed by atoms with E-state index in [-0.39, 0.29) is 29.6 Å². The smallest absolute Gasteiger partial charge is 0.324 e. The van der Waals surface area contributed by atoms with Gasteiger partial charge in [-0.2, -0.15) is 0 Å². The molecule has 0 unspecified atom stereocenters. The van der Waals surface area contributed by atoms with Crippen LogP contribution in [-0.2, 0) is 14.8 Å². The van der Waals surface area contributed by atoms with Gasteiger partial charge >= 0.3 is 6.03 Å². The minimum atomic E-state index is -3.48. The predicted molar refractivity (Wildman–Crippen MR) is 129 cm³/mol. The quantitative estimate of drug-likeness (QED) is 0.260. The molecule has 32 heavy (non-hydrogen) atoms. The first-order valence-corrected chi connectivity index (χ1v) is 13.1. The number of carbonyl (C=O) groups excluding carboxylic acids is 2. The van der Waals surface area contributed by atoms with Crippen LogP contribution in [-0.4, -0.2) is 65.2 Å². The monoisotopic (exact) mass is 481 g/mol. The number of rotatable bonds is 12. The van der Waals surface area contributed by atoms with Gasteiger partial charge < -0.3 is 9.64 Å². The Labute approximate surface area is 196 Å². The number of nitrogens with one attached hydrogen (secondary N) is 2. The van der Waals surface area contributed by atoms with Crippen LogP contribution in [0.25, 0.3) is 0 Å². The Bertz CT molecular complexity index is 972. The fourth-order valence-electron chi connectivity index (χ4n) is 3.84. The van der Waals surface area contributed by atoms with Gasteiger partial charge in [0.2, 0.25) is 15.9 Å². The molecule has 1 aromatic carbocycles. The van der Waals surface area contributed by atoms with Crippen molar-refractivity contribution in [2.24, 2.45) is 5.92 Å². The second-order valence-electron chi connectivity index (χ2n) is 9.16. The molecule has 1 aliphatic heterocycles. The van der Waals surface area contributed by atoms with Crippen molar-refractivity contribution < 1.29 is 22.7 Å². The number of ether oxygens (including phenoxy) is 1. The van der Waals surface area contributed by atoms with E-state index in [0.29, 0.717) is 42.5 Å². The number of sulfonamides is 1. The van der Waals surface area contributed by atoms with Gasteiger partial charge in [-0.1, -0.05) is 24.1 Å². The summed E-state index contributed by atoms with van der Waals surface area (Å²) >= 11 is 6.32. The molecule has 12 heteroatoms. The molecule has 1 saturated carbocycles. The summed E-state index contributed by atoms with van der Waals surface area (Å²) < 4.78 is 33.9. The number of imide groups is 1. The second-order valence-corrected chi connectivity index (χ2v) is 11.4. The van der Waals surface area contributed by atoms with Gasteiger partial charge in [-0.3, -0.25) is 10.1 Å². The normalized spacial score (nSPS) is 18.0. The Morgan fingerprint density at radius 2 is 2.00 bits per heavy atom. The number of nitrogens with zero attached hydrogens (tertiary/aromatic N) is 1. The lowest BCUT2D eigenvalue weighted by Gasteiger charge is -2.28. The highest BCUT2D eigenvalue weighted by atomic mass is 35.5. The Morgan fingerprint density at radius 1 is 1.28 bits per heavy atom. The lowest BCUT2D eigenvalue weighted by atomic mass is 9.62. The minimum absolute atomic E-state index is 0.00583. The third kappa shape index (κ3) is 6.89. The number of unbranched alkanes of at least 4 members (excludes halogenated alkanes) is 2. The number of hydrogen-bond acceptors (Lipinski definition) is 5. The maximum atomic E-state index is 12.5. The standard InChI is InChI=1S/C20H30B2ClN3O5S/c1-13(14-5-8-16(23)17(11-14)31-20(21,22)15-6-7-15)25-32(29,30)10-4-2-3-9-26-12-18(27)24-19(26)28/h5,8,11,13,15,25H,2-4,6-7,9-10,12,21-22H2,1H3,(H,24,27,28)/t13-/m1/s1. The first-order valence-electron chi connectivity index (χ1n) is 11.0. The number of amides is 3. The molecule has 3 amide bonds. The zero-order valence-electron chi connectivity index (χ0n) is 18.8. The van der Waals surface area contributed by atoms with E-state index >= 15 is 0 Å². The number of halogens is 1. The average Bonchev–Trinajstić information content (AvgIpc) is 3.49. The maximum absolute atomic E-state index is 12.5. The molecule has 8 nitrogen and oxygen atoms in total. The zero-order valence-corrected chi connectivity index (χ0v) is 20.4. The van der Waals surface area contributed by atoms with Gasteiger partial charge in [0.25, 0.3) is 0 Å². The summed E-state index contributed by atoms with van der Waals surface area (Å²) in [5.41, 5.74) is 0.782. The molecule has 1 atom stereocenters. The first-order chi connectivity index (χ1) is 15.0. The van der Waals surface area contributed by atoms with Crippen LogP contribution in [0.15, 0.2) is 18.2 Å². The summed E-state index contributed by atoms with van der Waals surface area (Å²) in [5.74, 6) is 0.770. The summed E-state index contributed by atoms with van der Waals surface area (Å²) in [7, 11) is 0.618. The third-order valence-corrected chi connectivity index (χ3v) is 7.81. The fraction of sp³-hybridized carbons (Fsp3) is 0.600. The van der Waals surface area contributed by atoms with E-state index in [4.69, 9.17) is 16.3 Å². The number of urea groups is 1. The van der Waals surface area contributed by atoms with Gasteiger partial charge in [0.15, 0.2) is 0 Å². The number of carbonyl (C=O) groups is 2. The molecular weight excluding hydrogens is 451 g/mol. The van der Waals surface area contributed by atoms with Gasteiger partial charge in [0.1, 0.15) is 28.0 Å². The average molecular weight is 482 g/mol. The maximum Gasteiger partial charge on any atom is 0.324 e. The van der Waals surface area contributed by atoms with Gasteiger partial charge in [-0.15, -0.1) is 0 Å². The van der Waals surface area contributed by atoms with Crippen molar-refractivity contribution in [2.45, 2.75) is 50.5 Å². The highest BCUT2D eigenvalue weighted by molar-refractivity contribution is 7.89. The molecule has 0 radical (unpaired) electrons. The Kier molecular flexibility index (Phi) is 7.83. The predicted octanol–water partition coefficient (Wildman–Crippen LogP) is 0.751. The lowest BCUT2D eigenvalue weighted by molar-refractivity contribution is -0.118. The van der Waals surface area contributed by atoms with Crippen molar-refractivity contribution in [1.82, 2.24) is 14.9 Å². The highest BCUT2D eigenvalue weighted by Crippen LogP contribution is 2.40. The molecule has 2 fully saturated rings. The Morgan fingerprint density at radius 3 is 2.62 bits per heavy atom. The summed E-state index contributed by atoms with van der Waals surface area (Å²) in [4.78, 5) is 24.1. The Balaban J connectivity index is 1.47. The fourth-order valence-corrected chi connectivity index (χ4v) is 5.38. The molecule has 1 aliphatic carbocycles. The molecule has 2 aliphatic rings. The molecule has 174 valence electrons. The van der Waals surface area contributed by atoms with E-state index in [9.17, 15) is 18.0 Å². The van der Waals surface area contributed by atoms with Crippen molar-refractivity contribution >= 4 is 49.3 Å². The summed E-state index contributed by atoms with van der Waals surface area (Å²) in [6.45, 7) is 2.30. The Hall–Kier alpha value is -1.71. The van der Waals surface area contributed by atoms with E-state index in [0.717, 1.165) is 18.4 Å². The summed E-state index contributed by atoms with van der Waals surface area (Å²) in [6, 6.07) is 4.53. The zero-order chi connectivity index (χ0) is 23.5. The van der Waals surface area contributed by atoms with Gasteiger partial charge in [-0.25, -0.2) is 17.9 Å². The molecule has 1 aromatic rings. The topological polar surface area (TPSA) is 105 Å². The van der Waals surface area contributed by atoms with Gasteiger partial charge in [0, 0.05) is 18.0 Å². The highest BCUT2D eigenvalue weighted by Gasteiger charge is 2.39. The molecule has 0 aromatic heterocycles. The van der Waals surface area contributed by atoms with Crippen LogP contribution in [0.5, 0.6) is 5.75 Å². The summed E-state index contributed by atoms with van der Waals surface area (Å²) in [5, 5.41) is 2.42. The number of hydrogen-bond donors (Lipinski definition) is 2. The minimum Gasteiger partial charge on any atom is -0.504 e. The number of benzene rings is 1. The molecule has 2 N–H and O–H groups in total. The van der Waals surface area contributed by atoms with Crippen LogP contribution in [0, 0.1) is 5.92 Å². The van der Waals surface area contributed by atoms with Crippen LogP contribution in [0.1, 0.15) is 50.6 Å². The van der Waals surface area contributed by atoms with Crippen molar-refractivity contribution in [2.75, 3.05) is 18.8 Å². The van der Waals surface area contributed by atoms with Gasteiger partial charge in [-0.05, 0) is 56.2 Å². The first kappa shape index (κ1) is 24.9. The van der Waals surface area contributed by atoms with E-state index in [1.165, 1.54) is 4.90 Å². The summed E-state index contributed by atoms with van der Waals surface area (Å²) in [6.07, 6.45) is 4.03. The largest absolute Gasteiger partial charge is 0.504 e. The van der Waals surface area contributed by atoms with Crippen LogP contribution in [0.2, 0.25) is 5.02 Å². The second kappa shape index (κ2) is 10.1. The molecule has 0 bridgehead atoms. The molecule has 3 rings (SSSR count). The van der Waals surface area contributed by atoms with Crippen LogP contribution < -0.4 is 14.8 Å². The van der Waals surface area contributed by atoms with Crippen molar-refractivity contribution in [1.29, 1.82) is 0 Å². The third-order valence-electron chi connectivity index (χ3n) is 5.95. The van der Waals surface area contributed by atoms with Crippen molar-refractivity contribution in [3.05, 3.63) is 28.8 Å². The van der Waals surface area contributed by atoms with E-state index in [2.05, 4.69) is 10.0 Å². The van der Waals surface area contributed by atoms with Gasteiger partial charge in [0.05, 0.1) is 10.8 Å². The van der Waals surface area contributed by atoms with E-state index in [1.54, 1.807) is 19.1 Å². The van der Waals surface area contributed by atoms with E-state index in [1.807, 2.05) is 21.8 Å².